The number of rotatable bonds is 22. The number of ether oxygens (including phenoxy) is 6. The van der Waals surface area contributed by atoms with E-state index in [1.807, 2.05) is 13.8 Å². The minimum Gasteiger partial charge on any atom is -0.458 e. The number of carbonyl (C=O) groups is 6. The lowest BCUT2D eigenvalue weighted by molar-refractivity contribution is -0.117. The quantitative estimate of drug-likeness (QED) is 0.0486. The number of terminal acetylenes is 2. The number of hydrogen-bond acceptors (Lipinski definition) is 12. The van der Waals surface area contributed by atoms with Crippen LogP contribution in [-0.4, -0.2) is 87.3 Å². The third-order valence-corrected chi connectivity index (χ3v) is 8.76. The van der Waals surface area contributed by atoms with Crippen molar-refractivity contribution in [1.29, 1.82) is 0 Å². The Labute approximate surface area is 355 Å². The van der Waals surface area contributed by atoms with E-state index in [0.29, 0.717) is 11.1 Å². The summed E-state index contributed by atoms with van der Waals surface area (Å²) in [5, 5.41) is 0. The first-order chi connectivity index (χ1) is 29.1. The van der Waals surface area contributed by atoms with E-state index in [4.69, 9.17) is 41.3 Å². The van der Waals surface area contributed by atoms with Crippen molar-refractivity contribution in [2.24, 2.45) is 5.41 Å². The molecule has 0 fully saturated rings. The molecule has 0 N–H and O–H groups in total. The second kappa shape index (κ2) is 23.1. The van der Waals surface area contributed by atoms with E-state index in [1.165, 1.54) is 26.0 Å². The average molecular weight is 829 g/mol. The monoisotopic (exact) mass is 828 g/mol. The SMILES string of the molecule is C#Cc1cccc(C(=O)OC(COCC(C)(C)COCC(COC(=O)c2ccc(CC(C)=O)cc2)OC(=O)c2cccc(C#C)c2)COC(=O)c2ccc(CC(C)=O)cc2)c1. The third kappa shape index (κ3) is 16.0. The predicted octanol–water partition coefficient (Wildman–Crippen LogP) is 6.44. The van der Waals surface area contributed by atoms with Gasteiger partial charge in [0.15, 0.2) is 12.2 Å². The summed E-state index contributed by atoms with van der Waals surface area (Å²) in [5.41, 5.74) is 2.71. The van der Waals surface area contributed by atoms with Gasteiger partial charge in [-0.3, -0.25) is 9.59 Å². The van der Waals surface area contributed by atoms with Gasteiger partial charge in [0.05, 0.1) is 48.7 Å². The number of benzene rings is 4. The molecule has 0 amide bonds. The van der Waals surface area contributed by atoms with Gasteiger partial charge in [-0.2, -0.15) is 0 Å². The lowest BCUT2D eigenvalue weighted by atomic mass is 9.96. The minimum absolute atomic E-state index is 0.0130. The van der Waals surface area contributed by atoms with Crippen LogP contribution in [0.15, 0.2) is 97.1 Å². The summed E-state index contributed by atoms with van der Waals surface area (Å²) >= 11 is 0. The van der Waals surface area contributed by atoms with E-state index in [0.717, 1.165) is 11.1 Å². The Balaban J connectivity index is 1.37. The average Bonchev–Trinajstić information content (AvgIpc) is 3.24. The zero-order valence-corrected chi connectivity index (χ0v) is 34.6. The highest BCUT2D eigenvalue weighted by Crippen LogP contribution is 2.19. The lowest BCUT2D eigenvalue weighted by Gasteiger charge is -2.27. The van der Waals surface area contributed by atoms with Crippen LogP contribution in [0.5, 0.6) is 0 Å². The van der Waals surface area contributed by atoms with E-state index in [2.05, 4.69) is 11.8 Å². The Morgan fingerprint density at radius 1 is 0.525 bits per heavy atom. The van der Waals surface area contributed by atoms with Crippen molar-refractivity contribution in [2.75, 3.05) is 39.6 Å². The molecule has 0 aromatic heterocycles. The summed E-state index contributed by atoms with van der Waals surface area (Å²) in [6, 6.07) is 25.5. The zero-order valence-electron chi connectivity index (χ0n) is 34.6. The molecule has 0 spiro atoms. The van der Waals surface area contributed by atoms with E-state index >= 15 is 0 Å². The number of Topliss-reactive ketones (excluding diaryl/α,β-unsaturated/α-hetero) is 2. The van der Waals surface area contributed by atoms with Crippen LogP contribution in [-0.2, 0) is 50.9 Å². The molecular weight excluding hydrogens is 781 g/mol. The summed E-state index contributed by atoms with van der Waals surface area (Å²) in [6.45, 7) is 5.89. The topological polar surface area (TPSA) is 158 Å². The molecule has 4 rings (SSSR count). The van der Waals surface area contributed by atoms with Gasteiger partial charge in [-0.05, 0) is 85.6 Å². The molecule has 316 valence electrons. The summed E-state index contributed by atoms with van der Waals surface area (Å²) in [7, 11) is 0. The van der Waals surface area contributed by atoms with Gasteiger partial charge in [-0.1, -0.05) is 62.1 Å². The highest BCUT2D eigenvalue weighted by molar-refractivity contribution is 5.92. The first kappa shape index (κ1) is 46.8. The van der Waals surface area contributed by atoms with E-state index in [-0.39, 0.29) is 86.3 Å². The molecule has 0 saturated carbocycles. The summed E-state index contributed by atoms with van der Waals surface area (Å²) < 4.78 is 34.4. The van der Waals surface area contributed by atoms with Gasteiger partial charge in [0.25, 0.3) is 0 Å². The highest BCUT2D eigenvalue weighted by Gasteiger charge is 2.26. The first-order valence-electron chi connectivity index (χ1n) is 19.4. The normalized spacial score (nSPS) is 11.8. The Bertz CT molecular complexity index is 2100. The Morgan fingerprint density at radius 3 is 1.25 bits per heavy atom. The van der Waals surface area contributed by atoms with Gasteiger partial charge in [-0.15, -0.1) is 12.8 Å². The molecule has 0 heterocycles. The summed E-state index contributed by atoms with van der Waals surface area (Å²) in [4.78, 5) is 75.0. The van der Waals surface area contributed by atoms with Crippen molar-refractivity contribution >= 4 is 35.4 Å². The molecule has 61 heavy (non-hydrogen) atoms. The first-order valence-corrected chi connectivity index (χ1v) is 19.4. The van der Waals surface area contributed by atoms with Crippen molar-refractivity contribution in [3.63, 3.8) is 0 Å². The van der Waals surface area contributed by atoms with Crippen molar-refractivity contribution in [3.8, 4) is 24.7 Å². The van der Waals surface area contributed by atoms with E-state index < -0.39 is 41.5 Å². The molecular formula is C49H48O12. The summed E-state index contributed by atoms with van der Waals surface area (Å²) in [6.07, 6.45) is 9.45. The largest absolute Gasteiger partial charge is 0.458 e. The van der Waals surface area contributed by atoms with Gasteiger partial charge >= 0.3 is 23.9 Å². The molecule has 4 aromatic carbocycles. The number of ketones is 2. The fourth-order valence-electron chi connectivity index (χ4n) is 5.71. The fraction of sp³-hybridized carbons (Fsp3) is 0.306. The predicted molar refractivity (Wildman–Crippen MR) is 225 cm³/mol. The fourth-order valence-corrected chi connectivity index (χ4v) is 5.71. The minimum atomic E-state index is -1.02. The standard InChI is InChI=1S/C49H48O12/c1-7-35-11-9-13-41(25-35)47(54)60-43(29-58-45(52)39-19-15-37(16-20-39)23-33(3)50)27-56-31-49(5,6)32-57-28-44(61-48(55)42-14-10-12-36(8-2)26-42)30-59-46(53)40-21-17-38(18-22-40)24-34(4)51/h1-2,9-22,25-26,43-44H,23-24,27-32H2,3-6H3. The molecule has 12 heteroatoms. The lowest BCUT2D eigenvalue weighted by Crippen LogP contribution is -2.34. The van der Waals surface area contributed by atoms with Gasteiger partial charge in [0.1, 0.15) is 24.8 Å². The zero-order chi connectivity index (χ0) is 44.4. The van der Waals surface area contributed by atoms with Crippen LogP contribution < -0.4 is 0 Å². The van der Waals surface area contributed by atoms with Gasteiger partial charge in [0.2, 0.25) is 0 Å². The van der Waals surface area contributed by atoms with Crippen LogP contribution in [0.25, 0.3) is 0 Å². The number of esters is 4. The van der Waals surface area contributed by atoms with Crippen LogP contribution in [0.4, 0.5) is 0 Å². The van der Waals surface area contributed by atoms with Crippen molar-refractivity contribution in [1.82, 2.24) is 0 Å². The third-order valence-electron chi connectivity index (χ3n) is 8.76. The Kier molecular flexibility index (Phi) is 17.7. The van der Waals surface area contributed by atoms with Crippen molar-refractivity contribution in [3.05, 3.63) is 142 Å². The molecule has 0 aliphatic heterocycles. The second-order valence-electron chi connectivity index (χ2n) is 15.0. The smallest absolute Gasteiger partial charge is 0.338 e. The molecule has 0 aliphatic carbocycles. The maximum atomic E-state index is 13.1. The molecule has 0 bridgehead atoms. The molecule has 0 radical (unpaired) electrons. The van der Waals surface area contributed by atoms with Crippen LogP contribution in [0.3, 0.4) is 0 Å². The van der Waals surface area contributed by atoms with Crippen LogP contribution in [0, 0.1) is 30.1 Å². The van der Waals surface area contributed by atoms with Crippen LogP contribution in [0.1, 0.15) is 91.4 Å². The number of carbonyl (C=O) groups excluding carboxylic acids is 6. The Hall–Kier alpha value is -6.86. The highest BCUT2D eigenvalue weighted by atomic mass is 16.6. The molecule has 0 aliphatic rings. The van der Waals surface area contributed by atoms with Gasteiger partial charge in [0, 0.05) is 29.4 Å². The van der Waals surface area contributed by atoms with Crippen molar-refractivity contribution < 1.29 is 57.2 Å². The van der Waals surface area contributed by atoms with Gasteiger partial charge in [-0.25, -0.2) is 19.2 Å². The second-order valence-corrected chi connectivity index (χ2v) is 15.0. The van der Waals surface area contributed by atoms with Crippen LogP contribution in [0.2, 0.25) is 0 Å². The van der Waals surface area contributed by atoms with Gasteiger partial charge < -0.3 is 28.4 Å². The molecule has 4 aromatic rings. The maximum Gasteiger partial charge on any atom is 0.338 e. The number of hydrogen-bond donors (Lipinski definition) is 0. The molecule has 0 saturated heterocycles. The van der Waals surface area contributed by atoms with Crippen molar-refractivity contribution in [2.45, 2.75) is 52.7 Å². The van der Waals surface area contributed by atoms with E-state index in [1.54, 1.807) is 84.9 Å². The Morgan fingerprint density at radius 2 is 0.902 bits per heavy atom. The molecule has 12 nitrogen and oxygen atoms in total. The molecule has 2 atom stereocenters. The van der Waals surface area contributed by atoms with E-state index in [9.17, 15) is 28.8 Å². The molecule has 2 unspecified atom stereocenters. The maximum absolute atomic E-state index is 13.1. The van der Waals surface area contributed by atoms with Crippen LogP contribution >= 0.6 is 0 Å². The summed E-state index contributed by atoms with van der Waals surface area (Å²) in [5.74, 6) is 2.20.